The maximum absolute atomic E-state index is 5.38. The third-order valence-corrected chi connectivity index (χ3v) is 7.74. The van der Waals surface area contributed by atoms with Crippen molar-refractivity contribution in [2.24, 2.45) is 0 Å². The summed E-state index contributed by atoms with van der Waals surface area (Å²) >= 11 is 0. The van der Waals surface area contributed by atoms with Gasteiger partial charge in [-0.05, 0) is 86.6 Å². The van der Waals surface area contributed by atoms with Crippen LogP contribution < -0.4 is 9.47 Å². The molecule has 0 spiro atoms. The lowest BCUT2D eigenvalue weighted by atomic mass is 10.1. The second kappa shape index (κ2) is 10.4. The van der Waals surface area contributed by atoms with Crippen molar-refractivity contribution in [3.05, 3.63) is 107 Å². The summed E-state index contributed by atoms with van der Waals surface area (Å²) in [5.74, 6) is 1.64. The Bertz CT molecular complexity index is 1730. The number of hydrogen-bond donors (Lipinski definition) is 0. The van der Waals surface area contributed by atoms with Gasteiger partial charge in [-0.1, -0.05) is 0 Å². The molecule has 2 aromatic carbocycles. The molecule has 0 saturated carbocycles. The first-order valence-corrected chi connectivity index (χ1v) is 13.9. The molecule has 212 valence electrons. The van der Waals surface area contributed by atoms with Crippen molar-refractivity contribution in [2.45, 2.75) is 40.0 Å². The fraction of sp³-hybridized carbons (Fsp3) is 0.250. The molecule has 5 heterocycles. The molecule has 0 amide bonds. The van der Waals surface area contributed by atoms with Crippen LogP contribution in [0.4, 0.5) is 0 Å². The second-order valence-corrected chi connectivity index (χ2v) is 10.7. The summed E-state index contributed by atoms with van der Waals surface area (Å²) in [5, 5.41) is 20.0. The van der Waals surface area contributed by atoms with Crippen LogP contribution in [0, 0.1) is 13.8 Å². The van der Waals surface area contributed by atoms with Crippen LogP contribution in [0.2, 0.25) is 0 Å². The van der Waals surface area contributed by atoms with E-state index in [4.69, 9.17) is 29.9 Å². The normalized spacial score (nSPS) is 12.9. The van der Waals surface area contributed by atoms with Gasteiger partial charge in [0.25, 0.3) is 0 Å². The van der Waals surface area contributed by atoms with E-state index in [-0.39, 0.29) is 0 Å². The minimum absolute atomic E-state index is 0.546. The fourth-order valence-electron chi connectivity index (χ4n) is 5.57. The first-order valence-electron chi connectivity index (χ1n) is 13.9. The largest absolute Gasteiger partial charge is 0.497 e. The SMILES string of the molecule is COc1ccc(-c2cc3nn2Cc2cc(C)n(n2)Cc2cc(-c4ccc(OC)cc4)n(n2)Cc2cc(C)n(n2)C3)cc1. The van der Waals surface area contributed by atoms with Crippen molar-refractivity contribution in [3.63, 3.8) is 0 Å². The van der Waals surface area contributed by atoms with Crippen molar-refractivity contribution in [2.75, 3.05) is 14.2 Å². The number of hydrogen-bond acceptors (Lipinski definition) is 6. The van der Waals surface area contributed by atoms with Crippen LogP contribution in [0.15, 0.2) is 72.8 Å². The minimum Gasteiger partial charge on any atom is -0.497 e. The van der Waals surface area contributed by atoms with E-state index in [1.54, 1.807) is 14.2 Å². The second-order valence-electron chi connectivity index (χ2n) is 10.7. The van der Waals surface area contributed by atoms with Gasteiger partial charge in [-0.15, -0.1) is 0 Å². The zero-order valence-corrected chi connectivity index (χ0v) is 24.2. The van der Waals surface area contributed by atoms with Crippen LogP contribution in [0.3, 0.4) is 0 Å². The van der Waals surface area contributed by atoms with E-state index in [0.717, 1.165) is 68.2 Å². The summed E-state index contributed by atoms with van der Waals surface area (Å²) in [7, 11) is 3.36. The molecule has 0 fully saturated rings. The zero-order chi connectivity index (χ0) is 28.8. The molecule has 0 radical (unpaired) electrons. The van der Waals surface area contributed by atoms with Crippen LogP contribution in [0.1, 0.15) is 34.2 Å². The molecule has 0 aliphatic carbocycles. The molecule has 1 aliphatic heterocycles. The molecule has 7 rings (SSSR count). The van der Waals surface area contributed by atoms with E-state index in [1.807, 2.05) is 43.0 Å². The van der Waals surface area contributed by atoms with E-state index in [0.29, 0.717) is 26.2 Å². The topological polar surface area (TPSA) is 89.7 Å². The van der Waals surface area contributed by atoms with Crippen LogP contribution in [-0.2, 0) is 26.2 Å². The number of aryl methyl sites for hydroxylation is 2. The predicted octanol–water partition coefficient (Wildman–Crippen LogP) is 4.95. The average molecular weight is 561 g/mol. The Balaban J connectivity index is 1.32. The van der Waals surface area contributed by atoms with E-state index in [1.165, 1.54) is 0 Å². The number of nitrogens with zero attached hydrogens (tertiary/aromatic N) is 8. The van der Waals surface area contributed by atoms with Crippen molar-refractivity contribution >= 4 is 0 Å². The summed E-state index contributed by atoms with van der Waals surface area (Å²) in [6.07, 6.45) is 0. The summed E-state index contributed by atoms with van der Waals surface area (Å²) < 4.78 is 18.9. The van der Waals surface area contributed by atoms with Gasteiger partial charge >= 0.3 is 0 Å². The van der Waals surface area contributed by atoms with Gasteiger partial charge < -0.3 is 9.47 Å². The van der Waals surface area contributed by atoms with E-state index in [2.05, 4.69) is 62.4 Å². The number of benzene rings is 2. The Morgan fingerprint density at radius 2 is 0.810 bits per heavy atom. The average Bonchev–Trinajstić information content (AvgIpc) is 3.76. The van der Waals surface area contributed by atoms with Gasteiger partial charge in [0.05, 0.1) is 74.6 Å². The highest BCUT2D eigenvalue weighted by Crippen LogP contribution is 2.27. The van der Waals surface area contributed by atoms with Gasteiger partial charge in [-0.2, -0.15) is 20.4 Å². The number of rotatable bonds is 4. The molecule has 1 aliphatic rings. The number of fused-ring (bicyclic) bond motifs is 8. The molecule has 10 heteroatoms. The van der Waals surface area contributed by atoms with Crippen LogP contribution in [-0.4, -0.2) is 53.3 Å². The highest BCUT2D eigenvalue weighted by molar-refractivity contribution is 5.62. The van der Waals surface area contributed by atoms with Crippen LogP contribution in [0.5, 0.6) is 11.5 Å². The van der Waals surface area contributed by atoms with Crippen molar-refractivity contribution in [3.8, 4) is 34.0 Å². The molecule has 42 heavy (non-hydrogen) atoms. The highest BCUT2D eigenvalue weighted by atomic mass is 16.5. The maximum atomic E-state index is 5.38. The maximum Gasteiger partial charge on any atom is 0.118 e. The lowest BCUT2D eigenvalue weighted by Gasteiger charge is -2.07. The van der Waals surface area contributed by atoms with E-state index in [9.17, 15) is 0 Å². The lowest BCUT2D eigenvalue weighted by Crippen LogP contribution is -2.11. The van der Waals surface area contributed by atoms with Gasteiger partial charge in [0.15, 0.2) is 0 Å². The van der Waals surface area contributed by atoms with Gasteiger partial charge in [0.2, 0.25) is 0 Å². The molecule has 0 atom stereocenters. The van der Waals surface area contributed by atoms with Crippen molar-refractivity contribution < 1.29 is 9.47 Å². The third-order valence-electron chi connectivity index (χ3n) is 7.74. The monoisotopic (exact) mass is 560 g/mol. The van der Waals surface area contributed by atoms with Crippen LogP contribution in [0.25, 0.3) is 22.5 Å². The molecule has 0 N–H and O–H groups in total. The van der Waals surface area contributed by atoms with Gasteiger partial charge in [0, 0.05) is 22.5 Å². The standard InChI is InChI=1S/C32H32N8O2/c1-21-13-25-19-39-32(24-7-11-30(42-4)12-8-24)16-28(36-39)18-38-22(2)14-26(34-38)20-40-31(15-27(35-40)17-37(21)33-25)23-5-9-29(41-3)10-6-23/h5-16H,17-20H2,1-4H3. The molecule has 8 bridgehead atoms. The van der Waals surface area contributed by atoms with E-state index < -0.39 is 0 Å². The van der Waals surface area contributed by atoms with Gasteiger partial charge in [0.1, 0.15) is 11.5 Å². The Morgan fingerprint density at radius 3 is 1.19 bits per heavy atom. The summed E-state index contributed by atoms with van der Waals surface area (Å²) in [6, 6.07) is 24.7. The third kappa shape index (κ3) is 4.85. The molecule has 10 nitrogen and oxygen atoms in total. The summed E-state index contributed by atoms with van der Waals surface area (Å²) in [6.45, 7) is 6.38. The van der Waals surface area contributed by atoms with E-state index >= 15 is 0 Å². The Labute approximate surface area is 243 Å². The Kier molecular flexibility index (Phi) is 6.38. The fourth-order valence-corrected chi connectivity index (χ4v) is 5.57. The minimum atomic E-state index is 0.546. The van der Waals surface area contributed by atoms with Crippen LogP contribution >= 0.6 is 0 Å². The molecule has 6 aromatic rings. The molecular weight excluding hydrogens is 528 g/mol. The first kappa shape index (κ1) is 25.8. The van der Waals surface area contributed by atoms with Crippen molar-refractivity contribution in [1.82, 2.24) is 39.1 Å². The smallest absolute Gasteiger partial charge is 0.118 e. The van der Waals surface area contributed by atoms with Crippen molar-refractivity contribution in [1.29, 1.82) is 0 Å². The van der Waals surface area contributed by atoms with Gasteiger partial charge in [-0.3, -0.25) is 18.7 Å². The number of ether oxygens (including phenoxy) is 2. The number of aromatic nitrogens is 8. The Morgan fingerprint density at radius 1 is 0.476 bits per heavy atom. The Hall–Kier alpha value is -5.12. The van der Waals surface area contributed by atoms with Gasteiger partial charge in [-0.25, -0.2) is 0 Å². The molecule has 0 saturated heterocycles. The summed E-state index contributed by atoms with van der Waals surface area (Å²) in [4.78, 5) is 0. The summed E-state index contributed by atoms with van der Waals surface area (Å²) in [5.41, 5.74) is 10.1. The quantitative estimate of drug-likeness (QED) is 0.303. The molecular formula is C32H32N8O2. The zero-order valence-electron chi connectivity index (χ0n) is 24.2. The highest BCUT2D eigenvalue weighted by Gasteiger charge is 2.18. The number of methoxy groups -OCH3 is 2. The predicted molar refractivity (Wildman–Crippen MR) is 159 cm³/mol. The first-order chi connectivity index (χ1) is 20.4. The molecule has 0 unspecified atom stereocenters. The lowest BCUT2D eigenvalue weighted by molar-refractivity contribution is 0.414. The molecule has 4 aromatic heterocycles.